The number of hydrogen-bond donors (Lipinski definition) is 3. The molecule has 0 spiro atoms. The average molecular weight is 437 g/mol. The third kappa shape index (κ3) is 5.62. The number of nitrogen functional groups attached to an aromatic ring is 1. The molecule has 164 valence electrons. The molecule has 0 fully saturated rings. The van der Waals surface area contributed by atoms with Crippen LogP contribution in [0.3, 0.4) is 0 Å². The van der Waals surface area contributed by atoms with Crippen molar-refractivity contribution in [2.75, 3.05) is 16.4 Å². The number of amides is 2. The SMILES string of the molecule is Nc1ccccc1NC(=O)c1ccc(NC(=O)C(Cc2ccccc2)c2ccccc2)cn1. The fourth-order valence-electron chi connectivity index (χ4n) is 3.53. The average Bonchev–Trinajstić information content (AvgIpc) is 2.85. The summed E-state index contributed by atoms with van der Waals surface area (Å²) in [5.74, 6) is -0.879. The molecule has 1 heterocycles. The molecule has 0 radical (unpaired) electrons. The first-order valence-corrected chi connectivity index (χ1v) is 10.6. The van der Waals surface area contributed by atoms with Crippen molar-refractivity contribution in [2.45, 2.75) is 12.3 Å². The zero-order chi connectivity index (χ0) is 23.0. The van der Waals surface area contributed by atoms with Gasteiger partial charge in [0.1, 0.15) is 5.69 Å². The van der Waals surface area contributed by atoms with E-state index in [1.54, 1.807) is 36.4 Å². The minimum Gasteiger partial charge on any atom is -0.397 e. The molecule has 1 aromatic heterocycles. The van der Waals surface area contributed by atoms with Gasteiger partial charge in [-0.1, -0.05) is 72.8 Å². The van der Waals surface area contributed by atoms with Crippen molar-refractivity contribution in [3.05, 3.63) is 120 Å². The third-order valence-corrected chi connectivity index (χ3v) is 5.27. The standard InChI is InChI=1S/C27H24N4O2/c28-23-13-7-8-14-24(23)31-27(33)25-16-15-21(18-29-25)30-26(32)22(20-11-5-2-6-12-20)17-19-9-3-1-4-10-19/h1-16,18,22H,17,28H2,(H,30,32)(H,31,33). The van der Waals surface area contributed by atoms with Crippen molar-refractivity contribution in [3.63, 3.8) is 0 Å². The Bertz CT molecular complexity index is 1230. The number of nitrogens with zero attached hydrogens (tertiary/aromatic N) is 1. The Labute approximate surface area is 192 Å². The highest BCUT2D eigenvalue weighted by atomic mass is 16.2. The Morgan fingerprint density at radius 2 is 1.45 bits per heavy atom. The summed E-state index contributed by atoms with van der Waals surface area (Å²) in [7, 11) is 0. The summed E-state index contributed by atoms with van der Waals surface area (Å²) in [6.07, 6.45) is 2.05. The first kappa shape index (κ1) is 21.8. The van der Waals surface area contributed by atoms with E-state index in [4.69, 9.17) is 5.73 Å². The first-order chi connectivity index (χ1) is 16.1. The molecule has 4 aromatic rings. The minimum absolute atomic E-state index is 0.138. The highest BCUT2D eigenvalue weighted by molar-refractivity contribution is 6.04. The Morgan fingerprint density at radius 3 is 2.12 bits per heavy atom. The molecule has 6 heteroatoms. The van der Waals surface area contributed by atoms with E-state index in [1.165, 1.54) is 6.20 Å². The number of aromatic nitrogens is 1. The van der Waals surface area contributed by atoms with Crippen LogP contribution in [0.5, 0.6) is 0 Å². The number of nitrogens with one attached hydrogen (secondary N) is 2. The van der Waals surface area contributed by atoms with Gasteiger partial charge in [-0.15, -0.1) is 0 Å². The van der Waals surface area contributed by atoms with Crippen LogP contribution in [0, 0.1) is 0 Å². The molecule has 2 amide bonds. The van der Waals surface area contributed by atoms with Gasteiger partial charge in [-0.2, -0.15) is 0 Å². The molecular weight excluding hydrogens is 412 g/mol. The first-order valence-electron chi connectivity index (χ1n) is 10.6. The number of benzene rings is 3. The number of carbonyl (C=O) groups excluding carboxylic acids is 2. The molecule has 1 unspecified atom stereocenters. The summed E-state index contributed by atoms with van der Waals surface area (Å²) in [6, 6.07) is 29.8. The molecule has 3 aromatic carbocycles. The lowest BCUT2D eigenvalue weighted by atomic mass is 9.91. The van der Waals surface area contributed by atoms with Crippen LogP contribution in [0.25, 0.3) is 0 Å². The maximum absolute atomic E-state index is 13.2. The summed E-state index contributed by atoms with van der Waals surface area (Å²) in [5, 5.41) is 5.67. The summed E-state index contributed by atoms with van der Waals surface area (Å²) in [6.45, 7) is 0. The number of hydrogen-bond acceptors (Lipinski definition) is 4. The second-order valence-corrected chi connectivity index (χ2v) is 7.62. The highest BCUT2D eigenvalue weighted by Crippen LogP contribution is 2.23. The second kappa shape index (κ2) is 10.2. The lowest BCUT2D eigenvalue weighted by Gasteiger charge is -2.17. The molecular formula is C27H24N4O2. The zero-order valence-electron chi connectivity index (χ0n) is 17.9. The molecule has 0 aliphatic carbocycles. The van der Waals surface area contributed by atoms with Crippen LogP contribution in [0.15, 0.2) is 103 Å². The number of rotatable bonds is 7. The number of nitrogens with two attached hydrogens (primary N) is 1. The van der Waals surface area contributed by atoms with Crippen LogP contribution in [-0.2, 0) is 11.2 Å². The zero-order valence-corrected chi connectivity index (χ0v) is 17.9. The van der Waals surface area contributed by atoms with Crippen LogP contribution in [0.1, 0.15) is 27.5 Å². The van der Waals surface area contributed by atoms with E-state index in [9.17, 15) is 9.59 Å². The van der Waals surface area contributed by atoms with Crippen molar-refractivity contribution in [2.24, 2.45) is 0 Å². The van der Waals surface area contributed by atoms with Crippen LogP contribution < -0.4 is 16.4 Å². The highest BCUT2D eigenvalue weighted by Gasteiger charge is 2.21. The van der Waals surface area contributed by atoms with Crippen LogP contribution in [-0.4, -0.2) is 16.8 Å². The summed E-state index contributed by atoms with van der Waals surface area (Å²) < 4.78 is 0. The van der Waals surface area contributed by atoms with Gasteiger partial charge >= 0.3 is 0 Å². The van der Waals surface area contributed by atoms with Gasteiger partial charge in [0.25, 0.3) is 5.91 Å². The van der Waals surface area contributed by atoms with Crippen molar-refractivity contribution < 1.29 is 9.59 Å². The fourth-order valence-corrected chi connectivity index (χ4v) is 3.53. The molecule has 4 N–H and O–H groups in total. The number of anilines is 3. The van der Waals surface area contributed by atoms with Crippen molar-refractivity contribution in [1.29, 1.82) is 0 Å². The van der Waals surface area contributed by atoms with Crippen molar-refractivity contribution in [1.82, 2.24) is 4.98 Å². The molecule has 0 aliphatic rings. The smallest absolute Gasteiger partial charge is 0.274 e. The van der Waals surface area contributed by atoms with Gasteiger partial charge in [0.05, 0.1) is 29.2 Å². The molecule has 4 rings (SSSR count). The van der Waals surface area contributed by atoms with Crippen LogP contribution in [0.4, 0.5) is 17.1 Å². The largest absolute Gasteiger partial charge is 0.397 e. The maximum Gasteiger partial charge on any atom is 0.274 e. The molecule has 0 bridgehead atoms. The van der Waals surface area contributed by atoms with E-state index >= 15 is 0 Å². The summed E-state index contributed by atoms with van der Waals surface area (Å²) >= 11 is 0. The molecule has 6 nitrogen and oxygen atoms in total. The third-order valence-electron chi connectivity index (χ3n) is 5.27. The monoisotopic (exact) mass is 436 g/mol. The van der Waals surface area contributed by atoms with E-state index in [0.717, 1.165) is 11.1 Å². The van der Waals surface area contributed by atoms with Gasteiger partial charge < -0.3 is 16.4 Å². The van der Waals surface area contributed by atoms with E-state index in [-0.39, 0.29) is 23.4 Å². The quantitative estimate of drug-likeness (QED) is 0.360. The molecule has 1 atom stereocenters. The molecule has 0 saturated carbocycles. The summed E-state index contributed by atoms with van der Waals surface area (Å²) in [5.41, 5.74) is 9.62. The number of pyridine rings is 1. The Morgan fingerprint density at radius 1 is 0.788 bits per heavy atom. The fraction of sp³-hybridized carbons (Fsp3) is 0.0741. The molecule has 0 aliphatic heterocycles. The topological polar surface area (TPSA) is 97.1 Å². The predicted octanol–water partition coefficient (Wildman–Crippen LogP) is 4.88. The number of carbonyl (C=O) groups is 2. The van der Waals surface area contributed by atoms with Crippen molar-refractivity contribution >= 4 is 28.9 Å². The normalized spacial score (nSPS) is 11.4. The Balaban J connectivity index is 1.47. The lowest BCUT2D eigenvalue weighted by Crippen LogP contribution is -2.23. The second-order valence-electron chi connectivity index (χ2n) is 7.62. The van der Waals surface area contributed by atoms with Gasteiger partial charge in [-0.25, -0.2) is 4.98 Å². The van der Waals surface area contributed by atoms with Crippen LogP contribution >= 0.6 is 0 Å². The number of para-hydroxylation sites is 2. The van der Waals surface area contributed by atoms with Gasteiger partial charge in [0, 0.05) is 0 Å². The summed E-state index contributed by atoms with van der Waals surface area (Å²) in [4.78, 5) is 29.9. The lowest BCUT2D eigenvalue weighted by molar-refractivity contribution is -0.117. The van der Waals surface area contributed by atoms with E-state index in [2.05, 4.69) is 15.6 Å². The maximum atomic E-state index is 13.2. The van der Waals surface area contributed by atoms with Gasteiger partial charge in [0.2, 0.25) is 5.91 Å². The van der Waals surface area contributed by atoms with Gasteiger partial charge in [-0.3, -0.25) is 9.59 Å². The van der Waals surface area contributed by atoms with Crippen molar-refractivity contribution in [3.8, 4) is 0 Å². The Kier molecular flexibility index (Phi) is 6.75. The molecule has 0 saturated heterocycles. The van der Waals surface area contributed by atoms with E-state index < -0.39 is 0 Å². The van der Waals surface area contributed by atoms with Gasteiger partial charge in [0.15, 0.2) is 0 Å². The Hall–Kier alpha value is -4.45. The van der Waals surface area contributed by atoms with E-state index in [0.29, 0.717) is 23.5 Å². The van der Waals surface area contributed by atoms with E-state index in [1.807, 2.05) is 60.7 Å². The predicted molar refractivity (Wildman–Crippen MR) is 131 cm³/mol. The molecule has 33 heavy (non-hydrogen) atoms. The minimum atomic E-state index is -0.378. The van der Waals surface area contributed by atoms with Gasteiger partial charge in [-0.05, 0) is 41.8 Å². The van der Waals surface area contributed by atoms with Crippen LogP contribution in [0.2, 0.25) is 0 Å².